The standard InChI is InChI=1S/2C28H54O3.2Na.H2O4S/c2*1-3-5-7-9-11-13-15-17-19-27(25-21-23-29-25)31-28(26-22-24-30-26)20-18-16-14-12-10-8-6-4-2;;;1-5(2,3)4/h2*25-28H,3-24H2,1-2H3;;;(H2,1,2,3,4)/q;;2*+1;/p-2. The first kappa shape index (κ1) is 70.6. The molecule has 0 aromatic carbocycles. The van der Waals surface area contributed by atoms with E-state index < -0.39 is 10.4 Å². The molecule has 0 radical (unpaired) electrons. The summed E-state index contributed by atoms with van der Waals surface area (Å²) >= 11 is 0. The van der Waals surface area contributed by atoms with E-state index in [1.54, 1.807) is 0 Å². The van der Waals surface area contributed by atoms with E-state index in [0.29, 0.717) is 24.4 Å². The van der Waals surface area contributed by atoms with Crippen LogP contribution < -0.4 is 59.1 Å². The van der Waals surface area contributed by atoms with Gasteiger partial charge in [-0.25, -0.2) is 0 Å². The number of hydrogen-bond acceptors (Lipinski definition) is 10. The molecule has 0 amide bonds. The zero-order valence-electron chi connectivity index (χ0n) is 46.2. The third-order valence-electron chi connectivity index (χ3n) is 14.7. The first-order valence-corrected chi connectivity index (χ1v) is 30.5. The first-order chi connectivity index (χ1) is 32.7. The van der Waals surface area contributed by atoms with Crippen LogP contribution in [-0.2, 0) is 38.8 Å². The van der Waals surface area contributed by atoms with Crippen molar-refractivity contribution in [1.29, 1.82) is 0 Å². The van der Waals surface area contributed by atoms with Crippen molar-refractivity contribution in [1.82, 2.24) is 0 Å². The number of unbranched alkanes of at least 4 members (excludes halogenated alkanes) is 28. The average Bonchev–Trinajstić information content (AvgIpc) is 3.21. The van der Waals surface area contributed by atoms with Crippen LogP contribution in [0.15, 0.2) is 0 Å². The van der Waals surface area contributed by atoms with E-state index in [0.717, 1.165) is 26.4 Å². The van der Waals surface area contributed by atoms with Crippen LogP contribution in [0.25, 0.3) is 0 Å². The van der Waals surface area contributed by atoms with Gasteiger partial charge in [0.1, 0.15) is 0 Å². The molecule has 4 saturated heterocycles. The zero-order valence-corrected chi connectivity index (χ0v) is 51.0. The zero-order chi connectivity index (χ0) is 48.5. The molecule has 0 bridgehead atoms. The smallest absolute Gasteiger partial charge is 0.759 e. The van der Waals surface area contributed by atoms with Gasteiger partial charge in [-0.2, -0.15) is 0 Å². The van der Waals surface area contributed by atoms with Crippen LogP contribution in [0.1, 0.15) is 285 Å². The van der Waals surface area contributed by atoms with Gasteiger partial charge in [0.25, 0.3) is 0 Å². The molecule has 4 heterocycles. The van der Waals surface area contributed by atoms with Gasteiger partial charge in [0, 0.05) is 36.8 Å². The minimum Gasteiger partial charge on any atom is -0.759 e. The van der Waals surface area contributed by atoms with Gasteiger partial charge < -0.3 is 37.5 Å². The van der Waals surface area contributed by atoms with Crippen LogP contribution in [0.3, 0.4) is 0 Å². The Labute approximate surface area is 471 Å². The Kier molecular flexibility index (Phi) is 50.4. The summed E-state index contributed by atoms with van der Waals surface area (Å²) in [4.78, 5) is 0. The fourth-order valence-corrected chi connectivity index (χ4v) is 9.92. The molecule has 0 saturated carbocycles. The maximum absolute atomic E-state index is 8.52. The van der Waals surface area contributed by atoms with E-state index in [-0.39, 0.29) is 83.5 Å². The van der Waals surface area contributed by atoms with Gasteiger partial charge in [-0.3, -0.25) is 8.42 Å². The summed E-state index contributed by atoms with van der Waals surface area (Å²) in [5, 5.41) is 0. The van der Waals surface area contributed by atoms with Gasteiger partial charge in [0.15, 0.2) is 0 Å². The van der Waals surface area contributed by atoms with Crippen molar-refractivity contribution in [2.45, 2.75) is 333 Å². The van der Waals surface area contributed by atoms with Crippen molar-refractivity contribution >= 4 is 10.4 Å². The molecule has 0 aromatic heterocycles. The summed E-state index contributed by atoms with van der Waals surface area (Å²) < 4.78 is 71.0. The summed E-state index contributed by atoms with van der Waals surface area (Å²) in [5.41, 5.74) is 0. The molecular formula is C56H108Na2O10S. The molecular weight excluding hydrogens is 911 g/mol. The summed E-state index contributed by atoms with van der Waals surface area (Å²) in [7, 11) is -5.17. The Hall–Kier alpha value is 1.63. The second-order valence-corrected chi connectivity index (χ2v) is 21.5. The molecule has 13 heteroatoms. The Morgan fingerprint density at radius 3 is 0.623 bits per heavy atom. The van der Waals surface area contributed by atoms with E-state index in [1.165, 1.54) is 257 Å². The maximum Gasteiger partial charge on any atom is 1.00 e. The van der Waals surface area contributed by atoms with Crippen molar-refractivity contribution in [2.75, 3.05) is 26.4 Å². The van der Waals surface area contributed by atoms with Crippen LogP contribution in [-0.4, -0.2) is 92.8 Å². The third-order valence-corrected chi connectivity index (χ3v) is 14.7. The molecule has 0 aliphatic carbocycles. The van der Waals surface area contributed by atoms with Crippen molar-refractivity contribution in [2.24, 2.45) is 0 Å². The van der Waals surface area contributed by atoms with Crippen LogP contribution in [0.4, 0.5) is 0 Å². The molecule has 0 aromatic rings. The summed E-state index contributed by atoms with van der Waals surface area (Å²) in [5.74, 6) is 0. The summed E-state index contributed by atoms with van der Waals surface area (Å²) in [6.07, 6.45) is 55.9. The van der Waals surface area contributed by atoms with Crippen LogP contribution in [0, 0.1) is 0 Å². The molecule has 0 N–H and O–H groups in total. The number of hydrogen-bond donors (Lipinski definition) is 0. The normalized spacial score (nSPS) is 21.2. The predicted molar refractivity (Wildman–Crippen MR) is 274 cm³/mol. The number of rotatable bonds is 44. The van der Waals surface area contributed by atoms with Crippen LogP contribution in [0.5, 0.6) is 0 Å². The topological polar surface area (TPSA) is 136 Å². The third kappa shape index (κ3) is 39.6. The largest absolute Gasteiger partial charge is 1.00 e. The fraction of sp³-hybridized carbons (Fsp3) is 1.00. The van der Waals surface area contributed by atoms with E-state index in [2.05, 4.69) is 27.7 Å². The molecule has 69 heavy (non-hydrogen) atoms. The minimum absolute atomic E-state index is 0. The molecule has 8 atom stereocenters. The van der Waals surface area contributed by atoms with E-state index in [4.69, 9.17) is 45.9 Å². The molecule has 10 nitrogen and oxygen atoms in total. The molecule has 4 fully saturated rings. The molecule has 4 rings (SSSR count). The van der Waals surface area contributed by atoms with E-state index >= 15 is 0 Å². The Morgan fingerprint density at radius 1 is 0.348 bits per heavy atom. The maximum atomic E-state index is 8.52. The van der Waals surface area contributed by atoms with Gasteiger partial charge in [0.2, 0.25) is 0 Å². The molecule has 4 aliphatic rings. The first-order valence-electron chi connectivity index (χ1n) is 29.1. The molecule has 0 spiro atoms. The predicted octanol–water partition coefficient (Wildman–Crippen LogP) is 9.43. The monoisotopic (exact) mass is 1020 g/mol. The van der Waals surface area contributed by atoms with Crippen molar-refractivity contribution in [3.8, 4) is 0 Å². The van der Waals surface area contributed by atoms with Crippen molar-refractivity contribution in [3.63, 3.8) is 0 Å². The van der Waals surface area contributed by atoms with Crippen LogP contribution in [0.2, 0.25) is 0 Å². The van der Waals surface area contributed by atoms with Gasteiger partial charge in [-0.15, -0.1) is 0 Å². The SMILES string of the molecule is CCCCCCCCCCC(OC(CCCCCCCCCC)C1CCO1)C1CCO1.CCCCCCCCCCC(OC(CCCCCCCCCC)C1CCO1)C1CCO1.O=S(=O)([O-])[O-].[Na+].[Na+]. The van der Waals surface area contributed by atoms with Gasteiger partial charge in [0.05, 0.1) is 48.8 Å². The van der Waals surface area contributed by atoms with Gasteiger partial charge in [-0.05, 0) is 51.4 Å². The van der Waals surface area contributed by atoms with Crippen LogP contribution >= 0.6 is 0 Å². The fourth-order valence-electron chi connectivity index (χ4n) is 9.92. The molecule has 400 valence electrons. The van der Waals surface area contributed by atoms with E-state index in [1.807, 2.05) is 0 Å². The van der Waals surface area contributed by atoms with E-state index in [9.17, 15) is 0 Å². The van der Waals surface area contributed by atoms with Gasteiger partial charge in [-0.1, -0.05) is 233 Å². The Bertz CT molecular complexity index is 1020. The van der Waals surface area contributed by atoms with Gasteiger partial charge >= 0.3 is 59.1 Å². The minimum atomic E-state index is -5.17. The second-order valence-electron chi connectivity index (χ2n) is 20.7. The number of ether oxygens (including phenoxy) is 6. The summed E-state index contributed by atoms with van der Waals surface area (Å²) in [6, 6.07) is 0. The quantitative estimate of drug-likeness (QED) is 0.0252. The average molecular weight is 1020 g/mol. The second kappa shape index (κ2) is 49.2. The van der Waals surface area contributed by atoms with Crippen molar-refractivity contribution < 1.29 is 105 Å². The van der Waals surface area contributed by atoms with Crippen molar-refractivity contribution in [3.05, 3.63) is 0 Å². The molecule has 4 aliphatic heterocycles. The Balaban J connectivity index is 0.00000119. The molecule has 8 unspecified atom stereocenters. The Morgan fingerprint density at radius 2 is 0.493 bits per heavy atom. The summed E-state index contributed by atoms with van der Waals surface area (Å²) in [6.45, 7) is 12.8.